The monoisotopic (exact) mass is 279 g/mol. The number of ketones is 1. The van der Waals surface area contributed by atoms with Crippen molar-refractivity contribution in [2.75, 3.05) is 19.6 Å². The Balaban J connectivity index is 1.74. The smallest absolute Gasteiger partial charge is 0.136 e. The van der Waals surface area contributed by atoms with Crippen molar-refractivity contribution in [1.82, 2.24) is 4.90 Å². The van der Waals surface area contributed by atoms with Crippen LogP contribution >= 0.6 is 0 Å². The second-order valence-electron chi connectivity index (χ2n) is 8.42. The number of nitrogens with zero attached hydrogens (tertiary/aromatic N) is 1. The van der Waals surface area contributed by atoms with E-state index in [0.29, 0.717) is 11.7 Å². The van der Waals surface area contributed by atoms with E-state index in [1.807, 2.05) is 0 Å². The number of piperidine rings is 1. The summed E-state index contributed by atoms with van der Waals surface area (Å²) in [5, 5.41) is 0. The van der Waals surface area contributed by atoms with Crippen LogP contribution in [-0.4, -0.2) is 30.3 Å². The molecule has 1 saturated heterocycles. The highest BCUT2D eigenvalue weighted by molar-refractivity contribution is 5.82. The molecule has 1 aliphatic carbocycles. The summed E-state index contributed by atoms with van der Waals surface area (Å²) in [5.74, 6) is 2.50. The second kappa shape index (κ2) is 6.60. The van der Waals surface area contributed by atoms with E-state index in [4.69, 9.17) is 0 Å². The van der Waals surface area contributed by atoms with E-state index < -0.39 is 0 Å². The van der Waals surface area contributed by atoms with Crippen molar-refractivity contribution in [3.8, 4) is 0 Å². The lowest BCUT2D eigenvalue weighted by Crippen LogP contribution is -2.38. The van der Waals surface area contributed by atoms with Gasteiger partial charge in [0.1, 0.15) is 5.78 Å². The Morgan fingerprint density at radius 1 is 1.20 bits per heavy atom. The van der Waals surface area contributed by atoms with E-state index >= 15 is 0 Å². The highest BCUT2D eigenvalue weighted by Crippen LogP contribution is 2.39. The van der Waals surface area contributed by atoms with Gasteiger partial charge in [-0.25, -0.2) is 0 Å². The highest BCUT2D eigenvalue weighted by Gasteiger charge is 2.34. The van der Waals surface area contributed by atoms with Crippen molar-refractivity contribution < 1.29 is 4.79 Å². The lowest BCUT2D eigenvalue weighted by atomic mass is 9.69. The van der Waals surface area contributed by atoms with Gasteiger partial charge < -0.3 is 4.90 Å². The van der Waals surface area contributed by atoms with Crippen LogP contribution in [0.25, 0.3) is 0 Å². The van der Waals surface area contributed by atoms with Crippen LogP contribution in [-0.2, 0) is 4.79 Å². The molecule has 0 radical (unpaired) electrons. The third-order valence-corrected chi connectivity index (χ3v) is 5.23. The van der Waals surface area contributed by atoms with E-state index in [2.05, 4.69) is 32.6 Å². The van der Waals surface area contributed by atoms with Gasteiger partial charge in [0.15, 0.2) is 0 Å². The molecule has 0 aromatic heterocycles. The molecule has 2 nitrogen and oxygen atoms in total. The molecule has 2 fully saturated rings. The third kappa shape index (κ3) is 4.58. The molecule has 20 heavy (non-hydrogen) atoms. The predicted molar refractivity (Wildman–Crippen MR) is 84.7 cm³/mol. The molecular formula is C18H33NO. The minimum atomic E-state index is 0.258. The molecule has 0 spiro atoms. The first-order valence-electron chi connectivity index (χ1n) is 8.61. The summed E-state index contributed by atoms with van der Waals surface area (Å²) in [4.78, 5) is 14.9. The Morgan fingerprint density at radius 3 is 2.40 bits per heavy atom. The zero-order chi connectivity index (χ0) is 14.8. The summed E-state index contributed by atoms with van der Waals surface area (Å²) in [6.07, 6.45) is 6.96. The van der Waals surface area contributed by atoms with E-state index in [0.717, 1.165) is 24.7 Å². The standard InChI is InChI=1S/C18H33NO/c1-14(2)13-19-9-6-15(7-10-19)11-16-5-8-18(3,4)12-17(16)20/h14-16H,5-13H2,1-4H3. The molecule has 1 unspecified atom stereocenters. The largest absolute Gasteiger partial charge is 0.303 e. The molecule has 1 heterocycles. The number of carbonyl (C=O) groups is 1. The van der Waals surface area contributed by atoms with Gasteiger partial charge in [-0.1, -0.05) is 27.7 Å². The van der Waals surface area contributed by atoms with Crippen LogP contribution in [0.4, 0.5) is 0 Å². The SMILES string of the molecule is CC(C)CN1CCC(CC2CCC(C)(C)CC2=O)CC1. The Labute approximate surface area is 125 Å². The molecule has 1 saturated carbocycles. The molecule has 1 atom stereocenters. The lowest BCUT2D eigenvalue weighted by molar-refractivity contribution is -0.128. The molecule has 0 bridgehead atoms. The average molecular weight is 279 g/mol. The minimum Gasteiger partial charge on any atom is -0.303 e. The van der Waals surface area contributed by atoms with Crippen molar-refractivity contribution in [1.29, 1.82) is 0 Å². The van der Waals surface area contributed by atoms with Gasteiger partial charge in [-0.2, -0.15) is 0 Å². The molecule has 2 rings (SSSR count). The van der Waals surface area contributed by atoms with Gasteiger partial charge in [0.05, 0.1) is 0 Å². The van der Waals surface area contributed by atoms with Gasteiger partial charge in [-0.3, -0.25) is 4.79 Å². The summed E-state index contributed by atoms with van der Waals surface area (Å²) >= 11 is 0. The van der Waals surface area contributed by atoms with Gasteiger partial charge in [-0.05, 0) is 62.4 Å². The Hall–Kier alpha value is -0.370. The third-order valence-electron chi connectivity index (χ3n) is 5.23. The molecule has 0 amide bonds. The number of rotatable bonds is 4. The fourth-order valence-corrected chi connectivity index (χ4v) is 4.00. The highest BCUT2D eigenvalue weighted by atomic mass is 16.1. The maximum absolute atomic E-state index is 12.3. The van der Waals surface area contributed by atoms with Crippen molar-refractivity contribution in [2.24, 2.45) is 23.2 Å². The van der Waals surface area contributed by atoms with Gasteiger partial charge in [-0.15, -0.1) is 0 Å². The topological polar surface area (TPSA) is 20.3 Å². The zero-order valence-electron chi connectivity index (χ0n) is 14.0. The molecule has 0 aromatic rings. The van der Waals surface area contributed by atoms with Crippen molar-refractivity contribution >= 4 is 5.78 Å². The second-order valence-corrected chi connectivity index (χ2v) is 8.42. The fourth-order valence-electron chi connectivity index (χ4n) is 4.00. The number of hydrogen-bond donors (Lipinski definition) is 0. The van der Waals surface area contributed by atoms with E-state index in [-0.39, 0.29) is 5.41 Å². The molecule has 2 aliphatic rings. The summed E-state index contributed by atoms with van der Waals surface area (Å²) in [5.41, 5.74) is 0.258. The molecule has 2 heteroatoms. The Morgan fingerprint density at radius 2 is 1.85 bits per heavy atom. The molecular weight excluding hydrogens is 246 g/mol. The summed E-state index contributed by atoms with van der Waals surface area (Å²) in [6.45, 7) is 12.8. The number of Topliss-reactive ketones (excluding diaryl/α,β-unsaturated/α-hetero) is 1. The van der Waals surface area contributed by atoms with Gasteiger partial charge in [0, 0.05) is 18.9 Å². The van der Waals surface area contributed by atoms with Crippen LogP contribution in [0.2, 0.25) is 0 Å². The fraction of sp³-hybridized carbons (Fsp3) is 0.944. The first kappa shape index (κ1) is 16.0. The maximum atomic E-state index is 12.3. The van der Waals surface area contributed by atoms with Gasteiger partial charge in [0.2, 0.25) is 0 Å². The summed E-state index contributed by atoms with van der Waals surface area (Å²) < 4.78 is 0. The van der Waals surface area contributed by atoms with E-state index in [9.17, 15) is 4.79 Å². The summed E-state index contributed by atoms with van der Waals surface area (Å²) in [6, 6.07) is 0. The van der Waals surface area contributed by atoms with Crippen LogP contribution < -0.4 is 0 Å². The molecule has 0 N–H and O–H groups in total. The Kier molecular flexibility index (Phi) is 5.28. The van der Waals surface area contributed by atoms with Crippen LogP contribution in [0, 0.1) is 23.2 Å². The first-order chi connectivity index (χ1) is 9.35. The van der Waals surface area contributed by atoms with Crippen LogP contribution in [0.15, 0.2) is 0 Å². The van der Waals surface area contributed by atoms with E-state index in [1.165, 1.54) is 45.3 Å². The van der Waals surface area contributed by atoms with Crippen molar-refractivity contribution in [2.45, 2.75) is 66.2 Å². The van der Waals surface area contributed by atoms with Crippen LogP contribution in [0.1, 0.15) is 66.2 Å². The number of likely N-dealkylation sites (tertiary alicyclic amines) is 1. The predicted octanol–water partition coefficient (Wildman–Crippen LogP) is 4.14. The normalized spacial score (nSPS) is 29.1. The molecule has 1 aliphatic heterocycles. The van der Waals surface area contributed by atoms with Crippen molar-refractivity contribution in [3.05, 3.63) is 0 Å². The molecule has 0 aromatic carbocycles. The lowest BCUT2D eigenvalue weighted by Gasteiger charge is -2.37. The van der Waals surface area contributed by atoms with Crippen molar-refractivity contribution in [3.63, 3.8) is 0 Å². The summed E-state index contributed by atoms with van der Waals surface area (Å²) in [7, 11) is 0. The minimum absolute atomic E-state index is 0.258. The molecule has 116 valence electrons. The Bertz CT molecular complexity index is 326. The van der Waals surface area contributed by atoms with Crippen LogP contribution in [0.3, 0.4) is 0 Å². The van der Waals surface area contributed by atoms with Gasteiger partial charge >= 0.3 is 0 Å². The van der Waals surface area contributed by atoms with E-state index in [1.54, 1.807) is 0 Å². The van der Waals surface area contributed by atoms with Crippen LogP contribution in [0.5, 0.6) is 0 Å². The number of hydrogen-bond acceptors (Lipinski definition) is 2. The quantitative estimate of drug-likeness (QED) is 0.771. The first-order valence-corrected chi connectivity index (χ1v) is 8.61. The maximum Gasteiger partial charge on any atom is 0.136 e. The number of carbonyl (C=O) groups excluding carboxylic acids is 1. The zero-order valence-corrected chi connectivity index (χ0v) is 14.0. The van der Waals surface area contributed by atoms with Gasteiger partial charge in [0.25, 0.3) is 0 Å². The average Bonchev–Trinajstić information content (AvgIpc) is 2.34.